The minimum absolute atomic E-state index is 0.0499. The molecule has 3 N–H and O–H groups in total. The van der Waals surface area contributed by atoms with Gasteiger partial charge < -0.3 is 20.1 Å². The van der Waals surface area contributed by atoms with Crippen molar-refractivity contribution in [2.24, 2.45) is 0 Å². The first-order valence-electron chi connectivity index (χ1n) is 7.77. The number of hydrogen-bond donors (Lipinski definition) is 3. The van der Waals surface area contributed by atoms with Crippen LogP contribution in [0.3, 0.4) is 0 Å². The molecule has 2 aromatic carbocycles. The van der Waals surface area contributed by atoms with Gasteiger partial charge in [0, 0.05) is 0 Å². The number of carbonyl (C=O) groups excluding carboxylic acids is 1. The van der Waals surface area contributed by atoms with Crippen LogP contribution in [0.5, 0.6) is 23.0 Å². The number of allylic oxidation sites excluding steroid dienone is 1. The SMILES string of the molecule is CC1(C)C=Cc2c(O)c(C(=O)C=Cc3ccccc3)c(O)c(O)c2O1. The molecular weight excluding hydrogens is 320 g/mol. The summed E-state index contributed by atoms with van der Waals surface area (Å²) in [5.41, 5.74) is -0.119. The highest BCUT2D eigenvalue weighted by Gasteiger charge is 2.32. The van der Waals surface area contributed by atoms with Crippen LogP contribution in [-0.2, 0) is 0 Å². The van der Waals surface area contributed by atoms with E-state index in [1.165, 1.54) is 6.08 Å². The monoisotopic (exact) mass is 338 g/mol. The van der Waals surface area contributed by atoms with Crippen LogP contribution in [0.15, 0.2) is 42.5 Å². The van der Waals surface area contributed by atoms with Crippen LogP contribution in [0.1, 0.15) is 35.3 Å². The topological polar surface area (TPSA) is 87.0 Å². The Kier molecular flexibility index (Phi) is 4.00. The van der Waals surface area contributed by atoms with Gasteiger partial charge in [-0.15, -0.1) is 0 Å². The highest BCUT2D eigenvalue weighted by Crippen LogP contribution is 2.50. The molecule has 0 saturated heterocycles. The Morgan fingerprint density at radius 3 is 2.40 bits per heavy atom. The largest absolute Gasteiger partial charge is 0.506 e. The molecule has 0 aromatic heterocycles. The lowest BCUT2D eigenvalue weighted by molar-refractivity contribution is 0.104. The molecular formula is C20H18O5. The van der Waals surface area contributed by atoms with Gasteiger partial charge in [-0.2, -0.15) is 0 Å². The summed E-state index contributed by atoms with van der Waals surface area (Å²) in [6, 6.07) is 9.13. The summed E-state index contributed by atoms with van der Waals surface area (Å²) in [5.74, 6) is -2.38. The Morgan fingerprint density at radius 2 is 1.72 bits per heavy atom. The molecule has 0 atom stereocenters. The number of fused-ring (bicyclic) bond motifs is 1. The van der Waals surface area contributed by atoms with Gasteiger partial charge in [-0.25, -0.2) is 0 Å². The first-order valence-corrected chi connectivity index (χ1v) is 7.77. The average Bonchev–Trinajstić information content (AvgIpc) is 2.58. The van der Waals surface area contributed by atoms with Crippen molar-refractivity contribution in [2.45, 2.75) is 19.4 Å². The van der Waals surface area contributed by atoms with Gasteiger partial charge in [0.25, 0.3) is 0 Å². The van der Waals surface area contributed by atoms with Gasteiger partial charge in [0.05, 0.1) is 5.56 Å². The maximum Gasteiger partial charge on any atom is 0.202 e. The fourth-order valence-corrected chi connectivity index (χ4v) is 2.60. The van der Waals surface area contributed by atoms with Crippen molar-refractivity contribution in [2.75, 3.05) is 0 Å². The van der Waals surface area contributed by atoms with Crippen LogP contribution in [0.2, 0.25) is 0 Å². The van der Waals surface area contributed by atoms with Crippen LogP contribution in [0.25, 0.3) is 12.2 Å². The second-order valence-corrected chi connectivity index (χ2v) is 6.31. The third-order valence-corrected chi connectivity index (χ3v) is 3.90. The van der Waals surface area contributed by atoms with Gasteiger partial charge in [0.1, 0.15) is 16.9 Å². The smallest absolute Gasteiger partial charge is 0.202 e. The fourth-order valence-electron chi connectivity index (χ4n) is 2.60. The Bertz CT molecular complexity index is 892. The molecule has 0 radical (unpaired) electrons. The lowest BCUT2D eigenvalue weighted by atomic mass is 9.96. The van der Waals surface area contributed by atoms with Gasteiger partial charge in [0.2, 0.25) is 5.75 Å². The van der Waals surface area contributed by atoms with E-state index in [-0.39, 0.29) is 16.9 Å². The van der Waals surface area contributed by atoms with Crippen molar-refractivity contribution in [3.05, 3.63) is 59.2 Å². The predicted octanol–water partition coefficient (Wildman–Crippen LogP) is 3.88. The van der Waals surface area contributed by atoms with Gasteiger partial charge >= 0.3 is 0 Å². The van der Waals surface area contributed by atoms with E-state index in [1.54, 1.807) is 32.1 Å². The number of rotatable bonds is 3. The van der Waals surface area contributed by atoms with E-state index in [1.807, 2.05) is 30.3 Å². The number of ketones is 1. The maximum absolute atomic E-state index is 12.4. The Morgan fingerprint density at radius 1 is 1.04 bits per heavy atom. The molecule has 1 heterocycles. The van der Waals surface area contributed by atoms with E-state index >= 15 is 0 Å². The number of carbonyl (C=O) groups is 1. The van der Waals surface area contributed by atoms with Gasteiger partial charge in [-0.1, -0.05) is 36.4 Å². The van der Waals surface area contributed by atoms with E-state index in [2.05, 4.69) is 0 Å². The van der Waals surface area contributed by atoms with Crippen LogP contribution >= 0.6 is 0 Å². The lowest BCUT2D eigenvalue weighted by Gasteiger charge is -2.29. The number of phenols is 3. The number of aromatic hydroxyl groups is 3. The summed E-state index contributed by atoms with van der Waals surface area (Å²) < 4.78 is 5.59. The van der Waals surface area contributed by atoms with Crippen molar-refractivity contribution >= 4 is 17.9 Å². The zero-order chi connectivity index (χ0) is 18.2. The summed E-state index contributed by atoms with van der Waals surface area (Å²) in [6.45, 7) is 3.53. The zero-order valence-electron chi connectivity index (χ0n) is 13.9. The molecule has 0 amide bonds. The molecule has 25 heavy (non-hydrogen) atoms. The molecule has 0 saturated carbocycles. The number of benzene rings is 2. The zero-order valence-corrected chi connectivity index (χ0v) is 13.9. The van der Waals surface area contributed by atoms with E-state index in [0.717, 1.165) is 5.56 Å². The molecule has 0 bridgehead atoms. The summed E-state index contributed by atoms with van der Waals surface area (Å²) in [7, 11) is 0. The summed E-state index contributed by atoms with van der Waals surface area (Å²) >= 11 is 0. The van der Waals surface area contributed by atoms with E-state index < -0.39 is 28.6 Å². The molecule has 5 nitrogen and oxygen atoms in total. The van der Waals surface area contributed by atoms with E-state index in [0.29, 0.717) is 0 Å². The van der Waals surface area contributed by atoms with Crippen molar-refractivity contribution in [3.8, 4) is 23.0 Å². The number of hydrogen-bond acceptors (Lipinski definition) is 5. The standard InChI is InChI=1S/C20H18O5/c1-20(2)11-10-13-16(22)15(17(23)18(24)19(13)25-20)14(21)9-8-12-6-4-3-5-7-12/h3-11,22-24H,1-2H3. The second-order valence-electron chi connectivity index (χ2n) is 6.31. The van der Waals surface area contributed by atoms with Crippen LogP contribution in [0.4, 0.5) is 0 Å². The van der Waals surface area contributed by atoms with Gasteiger partial charge in [-0.05, 0) is 37.6 Å². The molecule has 5 heteroatoms. The van der Waals surface area contributed by atoms with Crippen LogP contribution in [-0.4, -0.2) is 26.7 Å². The van der Waals surface area contributed by atoms with Crippen molar-refractivity contribution in [1.82, 2.24) is 0 Å². The molecule has 128 valence electrons. The van der Waals surface area contributed by atoms with Crippen molar-refractivity contribution in [3.63, 3.8) is 0 Å². The van der Waals surface area contributed by atoms with Gasteiger partial charge in [0.15, 0.2) is 17.3 Å². The number of phenolic OH excluding ortho intramolecular Hbond substituents is 3. The minimum Gasteiger partial charge on any atom is -0.506 e. The maximum atomic E-state index is 12.4. The van der Waals surface area contributed by atoms with Crippen LogP contribution in [0, 0.1) is 0 Å². The molecule has 0 fully saturated rings. The summed E-state index contributed by atoms with van der Waals surface area (Å²) in [4.78, 5) is 12.4. The van der Waals surface area contributed by atoms with Crippen LogP contribution < -0.4 is 4.74 Å². The molecule has 3 rings (SSSR count). The second kappa shape index (κ2) is 6.02. The predicted molar refractivity (Wildman–Crippen MR) is 95.0 cm³/mol. The Labute approximate surface area is 145 Å². The lowest BCUT2D eigenvalue weighted by Crippen LogP contribution is -2.27. The average molecular weight is 338 g/mol. The number of ether oxygens (including phenoxy) is 1. The summed E-state index contributed by atoms with van der Waals surface area (Å²) in [5, 5.41) is 30.8. The Hall–Kier alpha value is -3.21. The molecule has 1 aliphatic rings. The third-order valence-electron chi connectivity index (χ3n) is 3.90. The molecule has 0 aliphatic carbocycles. The Balaban J connectivity index is 2.05. The molecule has 1 aliphatic heterocycles. The normalized spacial score (nSPS) is 15.0. The first kappa shape index (κ1) is 16.6. The van der Waals surface area contributed by atoms with Crippen molar-refractivity contribution < 1.29 is 24.9 Å². The van der Waals surface area contributed by atoms with E-state index in [9.17, 15) is 20.1 Å². The summed E-state index contributed by atoms with van der Waals surface area (Å²) in [6.07, 6.45) is 6.05. The minimum atomic E-state index is -0.706. The first-order chi connectivity index (χ1) is 11.8. The highest BCUT2D eigenvalue weighted by atomic mass is 16.5. The fraction of sp³-hybridized carbons (Fsp3) is 0.150. The van der Waals surface area contributed by atoms with Gasteiger partial charge in [-0.3, -0.25) is 4.79 Å². The molecule has 0 spiro atoms. The molecule has 2 aromatic rings. The quantitative estimate of drug-likeness (QED) is 0.342. The highest BCUT2D eigenvalue weighted by molar-refractivity contribution is 6.12. The molecule has 0 unspecified atom stereocenters. The van der Waals surface area contributed by atoms with Crippen molar-refractivity contribution in [1.29, 1.82) is 0 Å². The van der Waals surface area contributed by atoms with E-state index in [4.69, 9.17) is 4.74 Å². The third kappa shape index (κ3) is 3.08.